The lowest BCUT2D eigenvalue weighted by molar-refractivity contribution is 0.101. The van der Waals surface area contributed by atoms with Gasteiger partial charge in [-0.3, -0.25) is 4.79 Å². The molecule has 1 amide bonds. The number of fused-ring (bicyclic) bond motifs is 1. The van der Waals surface area contributed by atoms with Crippen LogP contribution in [0.5, 0.6) is 0 Å². The van der Waals surface area contributed by atoms with Crippen molar-refractivity contribution in [2.24, 2.45) is 0 Å². The van der Waals surface area contributed by atoms with E-state index in [1.54, 1.807) is 13.2 Å². The molecule has 25 heavy (non-hydrogen) atoms. The van der Waals surface area contributed by atoms with Gasteiger partial charge in [0.2, 0.25) is 0 Å². The lowest BCUT2D eigenvalue weighted by atomic mass is 10.3. The third kappa shape index (κ3) is 3.64. The third-order valence-corrected chi connectivity index (χ3v) is 4.28. The molecule has 3 aromatic heterocycles. The fourth-order valence-corrected chi connectivity index (χ4v) is 3.22. The van der Waals surface area contributed by atoms with Crippen LogP contribution in [0.2, 0.25) is 0 Å². The number of nitrogens with one attached hydrogen (secondary N) is 1. The number of halogens is 1. The third-order valence-electron chi connectivity index (χ3n) is 3.89. The first-order valence-electron chi connectivity index (χ1n) is 8.16. The van der Waals surface area contributed by atoms with E-state index in [0.29, 0.717) is 34.9 Å². The van der Waals surface area contributed by atoms with Crippen LogP contribution in [0.4, 0.5) is 5.82 Å². The predicted octanol–water partition coefficient (Wildman–Crippen LogP) is 3.81. The van der Waals surface area contributed by atoms with Crippen molar-refractivity contribution in [1.29, 1.82) is 0 Å². The summed E-state index contributed by atoms with van der Waals surface area (Å²) < 4.78 is 15.1. The number of aromatic nitrogens is 3. The minimum atomic E-state index is -0.198. The number of carbonyl (C=O) groups excluding carboxylic acids is 1. The molecule has 0 aliphatic heterocycles. The molecular weight excluding hydrogens is 388 g/mol. The second kappa shape index (κ2) is 7.45. The molecule has 0 saturated heterocycles. The number of carbonyl (C=O) groups is 1. The summed E-state index contributed by atoms with van der Waals surface area (Å²) in [6, 6.07) is 5.47. The van der Waals surface area contributed by atoms with E-state index < -0.39 is 0 Å². The molecule has 0 aliphatic rings. The number of methoxy groups -OCH3 is 1. The van der Waals surface area contributed by atoms with Crippen LogP contribution in [0.3, 0.4) is 0 Å². The molecule has 3 aromatic rings. The molecule has 0 unspecified atom stereocenters. The zero-order valence-electron chi connectivity index (χ0n) is 14.5. The van der Waals surface area contributed by atoms with E-state index >= 15 is 0 Å². The van der Waals surface area contributed by atoms with Gasteiger partial charge >= 0.3 is 0 Å². The van der Waals surface area contributed by atoms with Crippen molar-refractivity contribution in [3.8, 4) is 0 Å². The van der Waals surface area contributed by atoms with Crippen LogP contribution in [0.15, 0.2) is 27.3 Å². The molecule has 0 spiro atoms. The standard InChI is InChI=1S/C17H21BrN4O3/c1-4-5-22-16(8-11(2)20-22)19-17(23)13-9-14-12(10-15(18)25-14)21(13)6-7-24-3/h8-10H,4-7H2,1-3H3,(H,19,23). The quantitative estimate of drug-likeness (QED) is 0.644. The SMILES string of the molecule is CCCn1nc(C)cc1NC(=O)c1cc2oc(Br)cc2n1CCOC. The van der Waals surface area contributed by atoms with E-state index in [4.69, 9.17) is 9.15 Å². The van der Waals surface area contributed by atoms with Gasteiger partial charge in [-0.1, -0.05) is 6.92 Å². The Hall–Kier alpha value is -2.06. The Morgan fingerprint density at radius 1 is 1.36 bits per heavy atom. The average Bonchev–Trinajstić information content (AvgIpc) is 3.18. The Balaban J connectivity index is 1.92. The summed E-state index contributed by atoms with van der Waals surface area (Å²) >= 11 is 3.33. The zero-order valence-corrected chi connectivity index (χ0v) is 16.1. The molecule has 0 atom stereocenters. The summed E-state index contributed by atoms with van der Waals surface area (Å²) in [7, 11) is 1.64. The summed E-state index contributed by atoms with van der Waals surface area (Å²) in [5, 5.41) is 7.38. The Labute approximate surface area is 154 Å². The van der Waals surface area contributed by atoms with E-state index in [1.165, 1.54) is 0 Å². The number of aryl methyl sites for hydroxylation is 2. The van der Waals surface area contributed by atoms with Gasteiger partial charge in [0.25, 0.3) is 5.91 Å². The molecule has 0 fully saturated rings. The van der Waals surface area contributed by atoms with Crippen LogP contribution in [0.25, 0.3) is 11.1 Å². The minimum Gasteiger partial charge on any atom is -0.448 e. The zero-order chi connectivity index (χ0) is 18.0. The van der Waals surface area contributed by atoms with Gasteiger partial charge in [-0.25, -0.2) is 4.68 Å². The summed E-state index contributed by atoms with van der Waals surface area (Å²) in [6.45, 7) is 5.80. The highest BCUT2D eigenvalue weighted by molar-refractivity contribution is 9.10. The molecule has 0 aromatic carbocycles. The average molecular weight is 409 g/mol. The molecule has 134 valence electrons. The van der Waals surface area contributed by atoms with Gasteiger partial charge in [-0.15, -0.1) is 0 Å². The number of hydrogen-bond donors (Lipinski definition) is 1. The number of nitrogens with zero attached hydrogens (tertiary/aromatic N) is 3. The molecule has 8 heteroatoms. The van der Waals surface area contributed by atoms with Gasteiger partial charge in [-0.05, 0) is 29.3 Å². The van der Waals surface area contributed by atoms with Crippen LogP contribution in [-0.4, -0.2) is 34.0 Å². The second-order valence-electron chi connectivity index (χ2n) is 5.82. The number of hydrogen-bond acceptors (Lipinski definition) is 4. The summed E-state index contributed by atoms with van der Waals surface area (Å²) in [5.41, 5.74) is 2.91. The summed E-state index contributed by atoms with van der Waals surface area (Å²) in [5.74, 6) is 0.498. The van der Waals surface area contributed by atoms with E-state index in [-0.39, 0.29) is 5.91 Å². The number of rotatable bonds is 7. The van der Waals surface area contributed by atoms with Crippen molar-refractivity contribution in [3.63, 3.8) is 0 Å². The van der Waals surface area contributed by atoms with Gasteiger partial charge in [0.1, 0.15) is 11.5 Å². The highest BCUT2D eigenvalue weighted by atomic mass is 79.9. The molecule has 3 rings (SSSR count). The van der Waals surface area contributed by atoms with Crippen LogP contribution in [0.1, 0.15) is 29.5 Å². The number of ether oxygens (including phenoxy) is 1. The monoisotopic (exact) mass is 408 g/mol. The Kier molecular flexibility index (Phi) is 5.29. The molecule has 3 heterocycles. The fraction of sp³-hybridized carbons (Fsp3) is 0.412. The van der Waals surface area contributed by atoms with Gasteiger partial charge in [0.15, 0.2) is 10.3 Å². The van der Waals surface area contributed by atoms with Gasteiger partial charge in [-0.2, -0.15) is 5.10 Å². The highest BCUT2D eigenvalue weighted by Gasteiger charge is 2.20. The maximum absolute atomic E-state index is 12.8. The second-order valence-corrected chi connectivity index (χ2v) is 6.60. The van der Waals surface area contributed by atoms with E-state index in [1.807, 2.05) is 28.3 Å². The van der Waals surface area contributed by atoms with Gasteiger partial charge in [0.05, 0.1) is 17.8 Å². The minimum absolute atomic E-state index is 0.198. The number of anilines is 1. The fourth-order valence-electron chi connectivity index (χ4n) is 2.83. The Morgan fingerprint density at radius 3 is 2.88 bits per heavy atom. The molecule has 0 bridgehead atoms. The predicted molar refractivity (Wildman–Crippen MR) is 99.0 cm³/mol. The molecule has 0 saturated carbocycles. The van der Waals surface area contributed by atoms with Crippen molar-refractivity contribution < 1.29 is 13.9 Å². The van der Waals surface area contributed by atoms with Crippen LogP contribution < -0.4 is 5.32 Å². The maximum Gasteiger partial charge on any atom is 0.273 e. The molecule has 1 N–H and O–H groups in total. The molecule has 0 aliphatic carbocycles. The normalized spacial score (nSPS) is 11.4. The maximum atomic E-state index is 12.8. The topological polar surface area (TPSA) is 74.2 Å². The number of amides is 1. The highest BCUT2D eigenvalue weighted by Crippen LogP contribution is 2.27. The van der Waals surface area contributed by atoms with Crippen LogP contribution in [0, 0.1) is 6.92 Å². The summed E-state index contributed by atoms with van der Waals surface area (Å²) in [6.07, 6.45) is 0.940. The van der Waals surface area contributed by atoms with Crippen molar-refractivity contribution in [2.75, 3.05) is 19.0 Å². The van der Waals surface area contributed by atoms with Crippen molar-refractivity contribution in [2.45, 2.75) is 33.4 Å². The molecule has 0 radical (unpaired) electrons. The van der Waals surface area contributed by atoms with Crippen LogP contribution in [-0.2, 0) is 17.8 Å². The smallest absolute Gasteiger partial charge is 0.273 e. The first-order chi connectivity index (χ1) is 12.0. The van der Waals surface area contributed by atoms with E-state index in [9.17, 15) is 4.79 Å². The molecule has 7 nitrogen and oxygen atoms in total. The van der Waals surface area contributed by atoms with E-state index in [2.05, 4.69) is 33.3 Å². The van der Waals surface area contributed by atoms with E-state index in [0.717, 1.165) is 24.2 Å². The van der Waals surface area contributed by atoms with Gasteiger partial charge < -0.3 is 19.0 Å². The lowest BCUT2D eigenvalue weighted by Crippen LogP contribution is -2.20. The lowest BCUT2D eigenvalue weighted by Gasteiger charge is -2.11. The molecular formula is C17H21BrN4O3. The van der Waals surface area contributed by atoms with Crippen molar-refractivity contribution in [1.82, 2.24) is 14.3 Å². The van der Waals surface area contributed by atoms with Crippen molar-refractivity contribution >= 4 is 38.8 Å². The van der Waals surface area contributed by atoms with Crippen LogP contribution >= 0.6 is 15.9 Å². The first-order valence-corrected chi connectivity index (χ1v) is 8.96. The largest absolute Gasteiger partial charge is 0.448 e. The summed E-state index contributed by atoms with van der Waals surface area (Å²) in [4.78, 5) is 12.8. The Bertz CT molecular complexity index is 893. The number of furan rings is 1. The van der Waals surface area contributed by atoms with Crippen molar-refractivity contribution in [3.05, 3.63) is 34.3 Å². The van der Waals surface area contributed by atoms with Gasteiger partial charge in [0, 0.05) is 38.4 Å². The Morgan fingerprint density at radius 2 is 2.16 bits per heavy atom. The first kappa shape index (κ1) is 17.8.